The van der Waals surface area contributed by atoms with Crippen LogP contribution in [0.1, 0.15) is 43.9 Å². The average molecular weight is 461 g/mol. The van der Waals surface area contributed by atoms with Gasteiger partial charge >= 0.3 is 0 Å². The van der Waals surface area contributed by atoms with E-state index in [0.29, 0.717) is 12.8 Å². The molecule has 0 unspecified atom stereocenters. The molecule has 3 aromatic carbocycles. The Morgan fingerprint density at radius 2 is 1.38 bits per heavy atom. The number of aryl methyl sites for hydroxylation is 1. The third kappa shape index (κ3) is 7.84. The second-order valence-electron chi connectivity index (χ2n) is 9.58. The van der Waals surface area contributed by atoms with E-state index >= 15 is 0 Å². The van der Waals surface area contributed by atoms with E-state index in [1.165, 1.54) is 12.1 Å². The van der Waals surface area contributed by atoms with Crippen molar-refractivity contribution in [1.82, 2.24) is 10.2 Å². The molecule has 0 fully saturated rings. The monoisotopic (exact) mass is 460 g/mol. The maximum Gasteiger partial charge on any atom is 0.243 e. The summed E-state index contributed by atoms with van der Waals surface area (Å²) in [6, 6.07) is 24.9. The van der Waals surface area contributed by atoms with Gasteiger partial charge in [0.05, 0.1) is 0 Å². The number of carbonyl (C=O) groups excluding carboxylic acids is 2. The first-order valence-electron chi connectivity index (χ1n) is 11.6. The van der Waals surface area contributed by atoms with E-state index in [-0.39, 0.29) is 30.6 Å². The van der Waals surface area contributed by atoms with Crippen LogP contribution in [0.2, 0.25) is 0 Å². The van der Waals surface area contributed by atoms with Crippen LogP contribution in [-0.4, -0.2) is 28.3 Å². The summed E-state index contributed by atoms with van der Waals surface area (Å²) in [5, 5.41) is 3.05. The van der Waals surface area contributed by atoms with E-state index in [0.717, 1.165) is 16.7 Å². The highest BCUT2D eigenvalue weighted by molar-refractivity contribution is 5.88. The first-order valence-corrected chi connectivity index (χ1v) is 11.6. The molecule has 4 nitrogen and oxygen atoms in total. The average Bonchev–Trinajstić information content (AvgIpc) is 2.81. The minimum atomic E-state index is -0.699. The maximum absolute atomic E-state index is 13.6. The van der Waals surface area contributed by atoms with Gasteiger partial charge in [-0.25, -0.2) is 4.39 Å². The van der Waals surface area contributed by atoms with Crippen LogP contribution in [0.4, 0.5) is 4.39 Å². The Kier molecular flexibility index (Phi) is 8.58. The minimum absolute atomic E-state index is 0.113. The van der Waals surface area contributed by atoms with Crippen molar-refractivity contribution in [3.05, 3.63) is 107 Å². The Bertz CT molecular complexity index is 1060. The fourth-order valence-electron chi connectivity index (χ4n) is 3.83. The SMILES string of the molecule is CC(C)(C)NC(=O)[C@@H](Cc1ccccc1)N(Cc1ccc(F)cc1)C(=O)CCc1ccccc1. The molecule has 0 aliphatic rings. The Labute approximate surface area is 201 Å². The molecule has 0 aromatic heterocycles. The third-order valence-corrected chi connectivity index (χ3v) is 5.51. The molecule has 2 amide bonds. The van der Waals surface area contributed by atoms with Crippen molar-refractivity contribution in [3.8, 4) is 0 Å². The maximum atomic E-state index is 13.6. The molecule has 1 atom stereocenters. The summed E-state index contributed by atoms with van der Waals surface area (Å²) >= 11 is 0. The minimum Gasteiger partial charge on any atom is -0.350 e. The summed E-state index contributed by atoms with van der Waals surface area (Å²) < 4.78 is 13.5. The molecule has 0 spiro atoms. The number of halogens is 1. The Morgan fingerprint density at radius 1 is 0.824 bits per heavy atom. The molecular formula is C29H33FN2O2. The van der Waals surface area contributed by atoms with Crippen LogP contribution in [0, 0.1) is 5.82 Å². The van der Waals surface area contributed by atoms with Crippen molar-refractivity contribution in [1.29, 1.82) is 0 Å². The summed E-state index contributed by atoms with van der Waals surface area (Å²) in [4.78, 5) is 28.7. The van der Waals surface area contributed by atoms with Crippen molar-refractivity contribution in [3.63, 3.8) is 0 Å². The summed E-state index contributed by atoms with van der Waals surface area (Å²) in [5.74, 6) is -0.651. The van der Waals surface area contributed by atoms with Gasteiger partial charge in [-0.15, -0.1) is 0 Å². The number of nitrogens with zero attached hydrogens (tertiary/aromatic N) is 1. The van der Waals surface area contributed by atoms with Gasteiger partial charge < -0.3 is 10.2 Å². The molecular weight excluding hydrogens is 427 g/mol. The van der Waals surface area contributed by atoms with E-state index in [4.69, 9.17) is 0 Å². The lowest BCUT2D eigenvalue weighted by atomic mass is 10.00. The number of hydrogen-bond acceptors (Lipinski definition) is 2. The van der Waals surface area contributed by atoms with Crippen LogP contribution >= 0.6 is 0 Å². The molecule has 5 heteroatoms. The number of rotatable bonds is 9. The molecule has 0 radical (unpaired) electrons. The Hall–Kier alpha value is -3.47. The van der Waals surface area contributed by atoms with Gasteiger partial charge in [0.25, 0.3) is 0 Å². The van der Waals surface area contributed by atoms with Crippen LogP contribution in [-0.2, 0) is 29.0 Å². The van der Waals surface area contributed by atoms with Gasteiger partial charge in [0, 0.05) is 24.9 Å². The van der Waals surface area contributed by atoms with E-state index in [1.54, 1.807) is 17.0 Å². The molecule has 3 rings (SSSR count). The van der Waals surface area contributed by atoms with Crippen molar-refractivity contribution in [2.75, 3.05) is 0 Å². The zero-order valence-electron chi connectivity index (χ0n) is 20.1. The standard InChI is InChI=1S/C29H33FN2O2/c1-29(2,3)31-28(34)26(20-23-12-8-5-9-13-23)32(21-24-14-17-25(30)18-15-24)27(33)19-16-22-10-6-4-7-11-22/h4-15,17-18,26H,16,19-21H2,1-3H3,(H,31,34)/t26-/m1/s1. The molecule has 0 aliphatic heterocycles. The van der Waals surface area contributed by atoms with Crippen molar-refractivity contribution >= 4 is 11.8 Å². The first-order chi connectivity index (χ1) is 16.2. The fraction of sp³-hybridized carbons (Fsp3) is 0.310. The van der Waals surface area contributed by atoms with Crippen LogP contribution in [0.25, 0.3) is 0 Å². The highest BCUT2D eigenvalue weighted by Crippen LogP contribution is 2.18. The Morgan fingerprint density at radius 3 is 1.94 bits per heavy atom. The van der Waals surface area contributed by atoms with Gasteiger partial charge in [0.1, 0.15) is 11.9 Å². The molecule has 178 valence electrons. The lowest BCUT2D eigenvalue weighted by Gasteiger charge is -2.34. The zero-order valence-corrected chi connectivity index (χ0v) is 20.1. The number of amides is 2. The predicted molar refractivity (Wildman–Crippen MR) is 134 cm³/mol. The number of nitrogens with one attached hydrogen (secondary N) is 1. The first kappa shape index (κ1) is 25.2. The van der Waals surface area contributed by atoms with E-state index < -0.39 is 11.6 Å². The Balaban J connectivity index is 1.91. The summed E-state index contributed by atoms with van der Waals surface area (Å²) in [7, 11) is 0. The van der Waals surface area contributed by atoms with Crippen LogP contribution < -0.4 is 5.32 Å². The zero-order chi connectivity index (χ0) is 24.6. The highest BCUT2D eigenvalue weighted by Gasteiger charge is 2.32. The lowest BCUT2D eigenvalue weighted by Crippen LogP contribution is -2.54. The molecule has 1 N–H and O–H groups in total. The molecule has 0 saturated heterocycles. The smallest absolute Gasteiger partial charge is 0.243 e. The summed E-state index contributed by atoms with van der Waals surface area (Å²) in [6.07, 6.45) is 1.25. The number of carbonyl (C=O) groups is 2. The highest BCUT2D eigenvalue weighted by atomic mass is 19.1. The van der Waals surface area contributed by atoms with Crippen molar-refractivity contribution in [2.24, 2.45) is 0 Å². The quantitative estimate of drug-likeness (QED) is 0.470. The number of hydrogen-bond donors (Lipinski definition) is 1. The van der Waals surface area contributed by atoms with Crippen LogP contribution in [0.3, 0.4) is 0 Å². The molecule has 0 heterocycles. The largest absolute Gasteiger partial charge is 0.350 e. The van der Waals surface area contributed by atoms with Gasteiger partial charge in [-0.2, -0.15) is 0 Å². The van der Waals surface area contributed by atoms with Crippen LogP contribution in [0.15, 0.2) is 84.9 Å². The molecule has 34 heavy (non-hydrogen) atoms. The molecule has 3 aromatic rings. The second kappa shape index (κ2) is 11.6. The van der Waals surface area contributed by atoms with Gasteiger partial charge in [-0.1, -0.05) is 72.8 Å². The van der Waals surface area contributed by atoms with E-state index in [9.17, 15) is 14.0 Å². The summed E-state index contributed by atoms with van der Waals surface area (Å²) in [5.41, 5.74) is 2.37. The predicted octanol–water partition coefficient (Wildman–Crippen LogP) is 5.31. The molecule has 0 saturated carbocycles. The van der Waals surface area contributed by atoms with E-state index in [1.807, 2.05) is 81.4 Å². The number of benzene rings is 3. The molecule has 0 aliphatic carbocycles. The third-order valence-electron chi connectivity index (χ3n) is 5.51. The van der Waals surface area contributed by atoms with E-state index in [2.05, 4.69) is 5.32 Å². The topological polar surface area (TPSA) is 49.4 Å². The second-order valence-corrected chi connectivity index (χ2v) is 9.58. The van der Waals surface area contributed by atoms with Gasteiger partial charge in [-0.3, -0.25) is 9.59 Å². The van der Waals surface area contributed by atoms with Gasteiger partial charge in [-0.05, 0) is 56.0 Å². The lowest BCUT2D eigenvalue weighted by molar-refractivity contribution is -0.141. The van der Waals surface area contributed by atoms with Gasteiger partial charge in [0.15, 0.2) is 0 Å². The fourth-order valence-corrected chi connectivity index (χ4v) is 3.83. The van der Waals surface area contributed by atoms with Crippen LogP contribution in [0.5, 0.6) is 0 Å². The van der Waals surface area contributed by atoms with Crippen molar-refractivity contribution < 1.29 is 14.0 Å². The molecule has 0 bridgehead atoms. The normalized spacial score (nSPS) is 12.1. The summed E-state index contributed by atoms with van der Waals surface area (Å²) in [6.45, 7) is 5.99. The van der Waals surface area contributed by atoms with Crippen molar-refractivity contribution in [2.45, 2.75) is 58.2 Å². The van der Waals surface area contributed by atoms with Gasteiger partial charge in [0.2, 0.25) is 11.8 Å².